The Morgan fingerprint density at radius 1 is 0.872 bits per heavy atom. The van der Waals surface area contributed by atoms with E-state index < -0.39 is 59.9 Å². The largest absolute Gasteiger partial charge is 0.493 e. The molecule has 8 nitrogen and oxygen atoms in total. The van der Waals surface area contributed by atoms with Gasteiger partial charge in [-0.2, -0.15) is 26.3 Å². The van der Waals surface area contributed by atoms with Crippen molar-refractivity contribution < 1.29 is 54.9 Å². The van der Waals surface area contributed by atoms with Crippen molar-refractivity contribution >= 4 is 17.9 Å². The highest BCUT2D eigenvalue weighted by Gasteiger charge is 2.42. The summed E-state index contributed by atoms with van der Waals surface area (Å²) in [6.45, 7) is 5.25. The average Bonchev–Trinajstić information content (AvgIpc) is 3.01. The maximum Gasteiger partial charge on any atom is 0.416 e. The van der Waals surface area contributed by atoms with Crippen molar-refractivity contribution in [3.05, 3.63) is 52.6 Å². The summed E-state index contributed by atoms with van der Waals surface area (Å²) in [6.07, 6.45) is -5.56. The van der Waals surface area contributed by atoms with Crippen LogP contribution < -0.4 is 14.4 Å². The zero-order chi connectivity index (χ0) is 34.9. The Morgan fingerprint density at radius 2 is 1.49 bits per heavy atom. The van der Waals surface area contributed by atoms with Crippen LogP contribution in [0.25, 0.3) is 0 Å². The third-order valence-corrected chi connectivity index (χ3v) is 7.94. The number of rotatable bonds is 13. The fourth-order valence-corrected chi connectivity index (χ4v) is 5.66. The van der Waals surface area contributed by atoms with Gasteiger partial charge in [0, 0.05) is 24.2 Å². The summed E-state index contributed by atoms with van der Waals surface area (Å²) in [4.78, 5) is 28.8. The highest BCUT2D eigenvalue weighted by molar-refractivity contribution is 5.91. The Hall–Kier alpha value is -3.84. The summed E-state index contributed by atoms with van der Waals surface area (Å²) in [6, 6.07) is 2.73. The molecule has 2 aromatic carbocycles. The van der Waals surface area contributed by atoms with Crippen molar-refractivity contribution in [1.82, 2.24) is 4.90 Å². The predicted octanol–water partition coefficient (Wildman–Crippen LogP) is 9.54. The molecule has 2 amide bonds. The van der Waals surface area contributed by atoms with Crippen LogP contribution in [0.5, 0.6) is 11.5 Å². The van der Waals surface area contributed by atoms with Gasteiger partial charge in [0.2, 0.25) is 0 Å². The fourth-order valence-electron chi connectivity index (χ4n) is 5.66. The molecule has 2 aromatic rings. The highest BCUT2D eigenvalue weighted by Crippen LogP contribution is 2.47. The molecule has 0 aromatic heterocycles. The van der Waals surface area contributed by atoms with Gasteiger partial charge in [-0.25, -0.2) is 9.59 Å². The molecule has 0 spiro atoms. The van der Waals surface area contributed by atoms with E-state index in [-0.39, 0.29) is 24.8 Å². The topological polar surface area (TPSA) is 77.5 Å². The fraction of sp³-hybridized carbons (Fsp3) is 0.576. The van der Waals surface area contributed by atoms with Crippen molar-refractivity contribution in [3.8, 4) is 11.5 Å². The molecule has 262 valence electrons. The molecule has 3 rings (SSSR count). The zero-order valence-electron chi connectivity index (χ0n) is 27.2. The molecule has 1 aliphatic rings. The van der Waals surface area contributed by atoms with E-state index in [2.05, 4.69) is 6.92 Å². The number of carbonyl (C=O) groups excluding carboxylic acids is 2. The second-order valence-electron chi connectivity index (χ2n) is 11.4. The van der Waals surface area contributed by atoms with Crippen LogP contribution >= 0.6 is 0 Å². The van der Waals surface area contributed by atoms with E-state index in [4.69, 9.17) is 18.9 Å². The number of unbranched alkanes of at least 4 members (excludes halogenated alkanes) is 5. The lowest BCUT2D eigenvalue weighted by Crippen LogP contribution is -2.47. The average molecular weight is 677 g/mol. The molecule has 1 heterocycles. The van der Waals surface area contributed by atoms with Crippen molar-refractivity contribution in [2.75, 3.05) is 32.3 Å². The van der Waals surface area contributed by atoms with Gasteiger partial charge < -0.3 is 18.9 Å². The van der Waals surface area contributed by atoms with Crippen LogP contribution in [0.2, 0.25) is 0 Å². The van der Waals surface area contributed by atoms with E-state index in [1.165, 1.54) is 12.0 Å². The van der Waals surface area contributed by atoms with Crippen LogP contribution in [-0.4, -0.2) is 50.6 Å². The maximum atomic E-state index is 13.6. The van der Waals surface area contributed by atoms with Crippen LogP contribution in [0.15, 0.2) is 30.3 Å². The summed E-state index contributed by atoms with van der Waals surface area (Å²) in [5, 5.41) is 0. The molecule has 0 bridgehead atoms. The Kier molecular flexibility index (Phi) is 13.1. The lowest BCUT2D eigenvalue weighted by molar-refractivity contribution is -0.143. The van der Waals surface area contributed by atoms with E-state index in [1.54, 1.807) is 26.0 Å². The Labute approximate surface area is 270 Å². The van der Waals surface area contributed by atoms with Crippen LogP contribution in [0.1, 0.15) is 94.0 Å². The molecule has 14 heteroatoms. The number of hydrogen-bond donors (Lipinski definition) is 0. The molecule has 47 heavy (non-hydrogen) atoms. The highest BCUT2D eigenvalue weighted by atomic mass is 19.4. The van der Waals surface area contributed by atoms with Gasteiger partial charge >= 0.3 is 24.5 Å². The molecule has 0 aliphatic carbocycles. The lowest BCUT2D eigenvalue weighted by Gasteiger charge is -2.42. The molecule has 0 saturated carbocycles. The van der Waals surface area contributed by atoms with Crippen LogP contribution in [0.3, 0.4) is 0 Å². The number of methoxy groups -OCH3 is 2. The maximum absolute atomic E-state index is 13.6. The van der Waals surface area contributed by atoms with Gasteiger partial charge in [-0.1, -0.05) is 39.0 Å². The lowest BCUT2D eigenvalue weighted by atomic mass is 9.90. The van der Waals surface area contributed by atoms with E-state index in [0.29, 0.717) is 35.7 Å². The van der Waals surface area contributed by atoms with Gasteiger partial charge in [-0.05, 0) is 56.5 Å². The minimum atomic E-state index is -5.07. The standard InChI is InChI=1S/C33H42F6N2O6/c1-6-8-9-10-11-12-13-47-29-19-27-25(18-28(29)44-4)26(14-21(3)41(27)31(43)46-7-2)40(30(42)45-5)20-22-15-23(32(34,35)36)17-24(16-22)33(37,38)39/h15-19,21,26H,6-14,20H2,1-5H3/t21-,26+/m1/s1. The Morgan fingerprint density at radius 3 is 2.04 bits per heavy atom. The number of benzene rings is 2. The number of anilines is 1. The third kappa shape index (κ3) is 9.60. The van der Waals surface area contributed by atoms with Gasteiger partial charge in [-0.3, -0.25) is 9.80 Å². The first-order valence-corrected chi connectivity index (χ1v) is 15.6. The molecule has 0 unspecified atom stereocenters. The van der Waals surface area contributed by atoms with Crippen molar-refractivity contribution in [2.24, 2.45) is 0 Å². The molecule has 0 fully saturated rings. The molecule has 1 aliphatic heterocycles. The minimum Gasteiger partial charge on any atom is -0.493 e. The minimum absolute atomic E-state index is 0.0266. The first-order chi connectivity index (χ1) is 22.2. The summed E-state index contributed by atoms with van der Waals surface area (Å²) in [5.74, 6) is 0.584. The normalized spacial score (nSPS) is 16.4. The van der Waals surface area contributed by atoms with Gasteiger partial charge in [0.05, 0.1) is 50.3 Å². The SMILES string of the molecule is CCCCCCCCOc1cc2c(cc1OC)[C@@H](N(Cc1cc(C(F)(F)F)cc(C(F)(F)F)c1)C(=O)OC)C[C@@H](C)N2C(=O)OCC. The Bertz CT molecular complexity index is 1330. The van der Waals surface area contributed by atoms with Crippen LogP contribution in [-0.2, 0) is 28.4 Å². The van der Waals surface area contributed by atoms with Gasteiger partial charge in [0.1, 0.15) is 0 Å². The number of fused-ring (bicyclic) bond motifs is 1. The van der Waals surface area contributed by atoms with E-state index in [1.807, 2.05) is 0 Å². The van der Waals surface area contributed by atoms with Crippen molar-refractivity contribution in [1.29, 1.82) is 0 Å². The molecular weight excluding hydrogens is 634 g/mol. The molecule has 0 N–H and O–H groups in total. The summed E-state index contributed by atoms with van der Waals surface area (Å²) in [5.41, 5.74) is -2.79. The first kappa shape index (κ1) is 37.6. The van der Waals surface area contributed by atoms with Crippen molar-refractivity contribution in [3.63, 3.8) is 0 Å². The summed E-state index contributed by atoms with van der Waals surface area (Å²) < 4.78 is 104. The monoisotopic (exact) mass is 676 g/mol. The van der Waals surface area contributed by atoms with E-state index in [9.17, 15) is 35.9 Å². The molecule has 2 atom stereocenters. The Balaban J connectivity index is 2.09. The van der Waals surface area contributed by atoms with E-state index >= 15 is 0 Å². The summed E-state index contributed by atoms with van der Waals surface area (Å²) >= 11 is 0. The smallest absolute Gasteiger partial charge is 0.416 e. The molecule has 0 radical (unpaired) electrons. The van der Waals surface area contributed by atoms with Gasteiger partial charge in [0.25, 0.3) is 0 Å². The number of alkyl halides is 6. The quantitative estimate of drug-likeness (QED) is 0.155. The number of ether oxygens (including phenoxy) is 4. The molecule has 0 saturated heterocycles. The third-order valence-electron chi connectivity index (χ3n) is 7.94. The molecular formula is C33H42F6N2O6. The zero-order valence-corrected chi connectivity index (χ0v) is 27.2. The second kappa shape index (κ2) is 16.3. The van der Waals surface area contributed by atoms with Crippen LogP contribution in [0, 0.1) is 0 Å². The second-order valence-corrected chi connectivity index (χ2v) is 11.4. The number of nitrogens with zero attached hydrogens (tertiary/aromatic N) is 2. The number of carbonyl (C=O) groups is 2. The number of halogens is 6. The van der Waals surface area contributed by atoms with Crippen LogP contribution in [0.4, 0.5) is 41.6 Å². The van der Waals surface area contributed by atoms with Gasteiger partial charge in [-0.15, -0.1) is 0 Å². The number of amides is 2. The first-order valence-electron chi connectivity index (χ1n) is 15.6. The predicted molar refractivity (Wildman–Crippen MR) is 163 cm³/mol. The summed E-state index contributed by atoms with van der Waals surface area (Å²) in [7, 11) is 2.46. The number of hydrogen-bond acceptors (Lipinski definition) is 6. The van der Waals surface area contributed by atoms with Gasteiger partial charge in [0.15, 0.2) is 11.5 Å². The van der Waals surface area contributed by atoms with E-state index in [0.717, 1.165) is 50.5 Å². The van der Waals surface area contributed by atoms with Crippen molar-refractivity contribution in [2.45, 2.75) is 96.7 Å².